The lowest BCUT2D eigenvalue weighted by Crippen LogP contribution is -2.36. The molecule has 3 rings (SSSR count). The lowest BCUT2D eigenvalue weighted by molar-refractivity contribution is 0.243. The highest BCUT2D eigenvalue weighted by Crippen LogP contribution is 2.32. The summed E-state index contributed by atoms with van der Waals surface area (Å²) in [7, 11) is 4.08. The molecule has 0 spiro atoms. The van der Waals surface area contributed by atoms with Crippen LogP contribution in [-0.2, 0) is 0 Å². The minimum absolute atomic E-state index is 0.139. The fourth-order valence-corrected chi connectivity index (χ4v) is 4.14. The Bertz CT molecular complexity index is 780. The predicted octanol–water partition coefficient (Wildman–Crippen LogP) is 4.39. The number of anilines is 1. The number of urea groups is 1. The van der Waals surface area contributed by atoms with E-state index in [2.05, 4.69) is 45.2 Å². The highest BCUT2D eigenvalue weighted by molar-refractivity contribution is 7.17. The van der Waals surface area contributed by atoms with Gasteiger partial charge in [0.05, 0.1) is 11.0 Å². The summed E-state index contributed by atoms with van der Waals surface area (Å²) in [5.74, 6) is 0. The van der Waals surface area contributed by atoms with Gasteiger partial charge in [-0.15, -0.1) is 22.7 Å². The molecule has 0 aliphatic rings. The molecule has 1 aromatic carbocycles. The number of carbonyl (C=O) groups excluding carboxylic acids is 1. The molecule has 0 aliphatic heterocycles. The van der Waals surface area contributed by atoms with Gasteiger partial charge in [0.15, 0.2) is 0 Å². The molecule has 3 aromatic rings. The largest absolute Gasteiger partial charge is 0.336 e. The molecule has 0 unspecified atom stereocenters. The van der Waals surface area contributed by atoms with Gasteiger partial charge < -0.3 is 10.2 Å². The van der Waals surface area contributed by atoms with Crippen LogP contribution in [0, 0.1) is 0 Å². The summed E-state index contributed by atoms with van der Waals surface area (Å²) >= 11 is 3.26. The van der Waals surface area contributed by atoms with Gasteiger partial charge in [-0.1, -0.05) is 18.2 Å². The van der Waals surface area contributed by atoms with E-state index in [9.17, 15) is 4.79 Å². The molecule has 6 heteroatoms. The molecule has 120 valence electrons. The van der Waals surface area contributed by atoms with Gasteiger partial charge in [0.25, 0.3) is 0 Å². The van der Waals surface area contributed by atoms with Crippen molar-refractivity contribution < 1.29 is 4.79 Å². The summed E-state index contributed by atoms with van der Waals surface area (Å²) in [6, 6.07) is 12.2. The molecule has 2 N–H and O–H groups in total. The number of likely N-dealkylation sites (N-methyl/N-ethyl adjacent to an activating group) is 1. The van der Waals surface area contributed by atoms with E-state index in [0.717, 1.165) is 5.00 Å². The summed E-state index contributed by atoms with van der Waals surface area (Å²) in [4.78, 5) is 14.2. The summed E-state index contributed by atoms with van der Waals surface area (Å²) in [5.41, 5.74) is 1.26. The Balaban J connectivity index is 1.71. The van der Waals surface area contributed by atoms with E-state index >= 15 is 0 Å². The van der Waals surface area contributed by atoms with Crippen molar-refractivity contribution in [3.8, 4) is 0 Å². The molecule has 2 amide bonds. The third kappa shape index (κ3) is 3.72. The topological polar surface area (TPSA) is 44.4 Å². The number of benzene rings is 1. The Labute approximate surface area is 143 Å². The molecule has 0 aliphatic carbocycles. The summed E-state index contributed by atoms with van der Waals surface area (Å²) < 4.78 is 1.28. The van der Waals surface area contributed by atoms with Gasteiger partial charge in [0.1, 0.15) is 0 Å². The maximum atomic E-state index is 12.0. The zero-order valence-corrected chi connectivity index (χ0v) is 14.7. The zero-order valence-electron chi connectivity index (χ0n) is 13.1. The van der Waals surface area contributed by atoms with Crippen LogP contribution in [-0.4, -0.2) is 31.6 Å². The van der Waals surface area contributed by atoms with E-state index in [1.54, 1.807) is 11.3 Å². The summed E-state index contributed by atoms with van der Waals surface area (Å²) in [5, 5.41) is 12.1. The first-order valence-electron chi connectivity index (χ1n) is 7.36. The van der Waals surface area contributed by atoms with Crippen molar-refractivity contribution in [1.82, 2.24) is 10.2 Å². The van der Waals surface area contributed by atoms with Crippen molar-refractivity contribution in [2.24, 2.45) is 0 Å². The molecule has 1 atom stereocenters. The summed E-state index contributed by atoms with van der Waals surface area (Å²) in [6.45, 7) is 0.560. The Kier molecular flexibility index (Phi) is 4.95. The molecule has 0 bridgehead atoms. The first kappa shape index (κ1) is 16.0. The quantitative estimate of drug-likeness (QED) is 0.720. The molecular weight excluding hydrogens is 326 g/mol. The number of hydrogen-bond acceptors (Lipinski definition) is 4. The fraction of sp³-hybridized carbons (Fsp3) is 0.235. The van der Waals surface area contributed by atoms with E-state index in [0.29, 0.717) is 6.54 Å². The molecule has 4 nitrogen and oxygen atoms in total. The lowest BCUT2D eigenvalue weighted by atomic mass is 10.0. The van der Waals surface area contributed by atoms with Crippen LogP contribution in [0.15, 0.2) is 47.2 Å². The van der Waals surface area contributed by atoms with Crippen LogP contribution in [0.5, 0.6) is 0 Å². The van der Waals surface area contributed by atoms with E-state index in [-0.39, 0.29) is 12.1 Å². The lowest BCUT2D eigenvalue weighted by Gasteiger charge is -2.24. The average Bonchev–Trinajstić information content (AvgIpc) is 3.17. The zero-order chi connectivity index (χ0) is 16.2. The van der Waals surface area contributed by atoms with Crippen LogP contribution in [0.1, 0.15) is 11.6 Å². The van der Waals surface area contributed by atoms with Crippen LogP contribution in [0.2, 0.25) is 0 Å². The van der Waals surface area contributed by atoms with Crippen LogP contribution < -0.4 is 10.6 Å². The number of carbonyl (C=O) groups is 1. The minimum atomic E-state index is -0.168. The molecule has 23 heavy (non-hydrogen) atoms. The van der Waals surface area contributed by atoms with Crippen molar-refractivity contribution in [2.75, 3.05) is 26.0 Å². The fourth-order valence-electron chi connectivity index (χ4n) is 2.52. The van der Waals surface area contributed by atoms with Crippen LogP contribution in [0.25, 0.3) is 10.1 Å². The molecule has 0 saturated carbocycles. The van der Waals surface area contributed by atoms with Gasteiger partial charge in [0.2, 0.25) is 0 Å². The van der Waals surface area contributed by atoms with E-state index in [1.807, 2.05) is 31.6 Å². The van der Waals surface area contributed by atoms with Crippen LogP contribution >= 0.6 is 22.7 Å². The normalized spacial score (nSPS) is 12.5. The second kappa shape index (κ2) is 7.12. The molecule has 0 radical (unpaired) electrons. The number of nitrogens with one attached hydrogen (secondary N) is 2. The molecule has 2 aromatic heterocycles. The van der Waals surface area contributed by atoms with Gasteiger partial charge in [-0.3, -0.25) is 5.32 Å². The smallest absolute Gasteiger partial charge is 0.319 e. The molecule has 2 heterocycles. The van der Waals surface area contributed by atoms with Crippen molar-refractivity contribution in [2.45, 2.75) is 6.04 Å². The van der Waals surface area contributed by atoms with Crippen LogP contribution in [0.3, 0.4) is 0 Å². The third-order valence-electron chi connectivity index (χ3n) is 3.71. The van der Waals surface area contributed by atoms with E-state index < -0.39 is 0 Å². The Morgan fingerprint density at radius 1 is 1.17 bits per heavy atom. The maximum absolute atomic E-state index is 12.0. The SMILES string of the molecule is CN(C)[C@@H](CNC(=O)Nc1cccs1)c1csc2ccccc12. The Morgan fingerprint density at radius 2 is 2.00 bits per heavy atom. The first-order chi connectivity index (χ1) is 11.1. The van der Waals surface area contributed by atoms with E-state index in [1.165, 1.54) is 27.0 Å². The van der Waals surface area contributed by atoms with Crippen molar-refractivity contribution >= 4 is 43.8 Å². The van der Waals surface area contributed by atoms with Crippen molar-refractivity contribution in [3.63, 3.8) is 0 Å². The maximum Gasteiger partial charge on any atom is 0.319 e. The predicted molar refractivity (Wildman–Crippen MR) is 99.6 cm³/mol. The third-order valence-corrected chi connectivity index (χ3v) is 5.47. The number of hydrogen-bond donors (Lipinski definition) is 2. The van der Waals surface area contributed by atoms with Gasteiger partial charge in [-0.25, -0.2) is 4.79 Å². The monoisotopic (exact) mass is 345 g/mol. The number of rotatable bonds is 5. The van der Waals surface area contributed by atoms with E-state index in [4.69, 9.17) is 0 Å². The minimum Gasteiger partial charge on any atom is -0.336 e. The summed E-state index contributed by atoms with van der Waals surface area (Å²) in [6.07, 6.45) is 0. The molecule has 0 fully saturated rings. The van der Waals surface area contributed by atoms with Crippen molar-refractivity contribution in [1.29, 1.82) is 0 Å². The number of thiophene rings is 2. The van der Waals surface area contributed by atoms with Gasteiger partial charge in [0, 0.05) is 11.2 Å². The first-order valence-corrected chi connectivity index (χ1v) is 9.12. The average molecular weight is 345 g/mol. The second-order valence-corrected chi connectivity index (χ2v) is 7.34. The standard InChI is InChI=1S/C17H19N3OS2/c1-20(2)14(10-18-17(21)19-16-8-5-9-22-16)13-11-23-15-7-4-3-6-12(13)15/h3-9,11,14H,10H2,1-2H3,(H2,18,19,21)/t14-/m0/s1. The molecule has 0 saturated heterocycles. The number of amides is 2. The highest BCUT2D eigenvalue weighted by Gasteiger charge is 2.19. The highest BCUT2D eigenvalue weighted by atomic mass is 32.1. The van der Waals surface area contributed by atoms with Gasteiger partial charge in [-0.2, -0.15) is 0 Å². The number of nitrogens with zero attached hydrogens (tertiary/aromatic N) is 1. The van der Waals surface area contributed by atoms with Gasteiger partial charge >= 0.3 is 6.03 Å². The molecular formula is C17H19N3OS2. The Morgan fingerprint density at radius 3 is 2.74 bits per heavy atom. The van der Waals surface area contributed by atoms with Gasteiger partial charge in [-0.05, 0) is 54.0 Å². The van der Waals surface area contributed by atoms with Crippen LogP contribution in [0.4, 0.5) is 9.80 Å². The Hall–Kier alpha value is -1.89. The van der Waals surface area contributed by atoms with Crippen molar-refractivity contribution in [3.05, 3.63) is 52.7 Å². The number of fused-ring (bicyclic) bond motifs is 1. The second-order valence-electron chi connectivity index (χ2n) is 5.48.